The Hall–Kier alpha value is -0.500. The van der Waals surface area contributed by atoms with Crippen LogP contribution >= 0.6 is 23.2 Å². The fraction of sp³-hybridized carbons (Fsp3) is 0.333. The Balaban J connectivity index is 2.69. The van der Waals surface area contributed by atoms with Gasteiger partial charge < -0.3 is 5.32 Å². The first-order valence-corrected chi connectivity index (χ1v) is 5.59. The molecule has 0 spiro atoms. The molecule has 0 aromatic heterocycles. The predicted octanol–water partition coefficient (Wildman–Crippen LogP) is 4.22. The topological polar surface area (TPSA) is 12.0 Å². The molecule has 1 rings (SSSR count). The second kappa shape index (κ2) is 5.55. The molecule has 1 aromatic carbocycles. The number of rotatable bonds is 4. The number of hydrogen-bond donors (Lipinski definition) is 1. The van der Waals surface area contributed by atoms with Gasteiger partial charge in [-0.3, -0.25) is 0 Å². The van der Waals surface area contributed by atoms with Gasteiger partial charge in [0.1, 0.15) is 0 Å². The molecule has 0 radical (unpaired) electrons. The molecular weight excluding hydrogens is 229 g/mol. The third-order valence-electron chi connectivity index (χ3n) is 2.15. The summed E-state index contributed by atoms with van der Waals surface area (Å²) in [6, 6.07) is 5.93. The van der Waals surface area contributed by atoms with Gasteiger partial charge in [0.25, 0.3) is 0 Å². The summed E-state index contributed by atoms with van der Waals surface area (Å²) in [6.45, 7) is 8.73. The average Bonchev–Trinajstić information content (AvgIpc) is 2.18. The van der Waals surface area contributed by atoms with E-state index < -0.39 is 0 Å². The van der Waals surface area contributed by atoms with Crippen LogP contribution in [0.2, 0.25) is 10.0 Å². The monoisotopic (exact) mass is 243 g/mol. The van der Waals surface area contributed by atoms with E-state index in [4.69, 9.17) is 23.2 Å². The molecule has 1 nitrogen and oxygen atoms in total. The van der Waals surface area contributed by atoms with E-state index in [-0.39, 0.29) is 6.04 Å². The Morgan fingerprint density at radius 2 is 2.07 bits per heavy atom. The van der Waals surface area contributed by atoms with Gasteiger partial charge in [0.15, 0.2) is 0 Å². The molecule has 15 heavy (non-hydrogen) atoms. The van der Waals surface area contributed by atoms with Crippen molar-refractivity contribution in [2.45, 2.75) is 19.9 Å². The fourth-order valence-electron chi connectivity index (χ4n) is 1.23. The van der Waals surface area contributed by atoms with E-state index in [9.17, 15) is 0 Å². The van der Waals surface area contributed by atoms with Crippen molar-refractivity contribution in [1.82, 2.24) is 5.32 Å². The SMILES string of the molecule is C=C(C)CNC(C)c1ccc(Cl)c(Cl)c1. The second-order valence-electron chi connectivity index (χ2n) is 3.73. The molecule has 1 N–H and O–H groups in total. The van der Waals surface area contributed by atoms with Crippen LogP contribution in [-0.4, -0.2) is 6.54 Å². The van der Waals surface area contributed by atoms with Crippen molar-refractivity contribution in [3.05, 3.63) is 46.0 Å². The summed E-state index contributed by atoms with van der Waals surface area (Å²) in [5.41, 5.74) is 2.24. The lowest BCUT2D eigenvalue weighted by molar-refractivity contribution is 0.607. The van der Waals surface area contributed by atoms with Crippen molar-refractivity contribution >= 4 is 23.2 Å². The molecule has 1 unspecified atom stereocenters. The fourth-order valence-corrected chi connectivity index (χ4v) is 1.53. The largest absolute Gasteiger partial charge is 0.306 e. The Bertz CT molecular complexity index is 361. The average molecular weight is 244 g/mol. The van der Waals surface area contributed by atoms with Gasteiger partial charge in [-0.25, -0.2) is 0 Å². The van der Waals surface area contributed by atoms with Crippen LogP contribution in [0.4, 0.5) is 0 Å². The quantitative estimate of drug-likeness (QED) is 0.782. The zero-order valence-corrected chi connectivity index (χ0v) is 10.5. The molecule has 0 aliphatic carbocycles. The van der Waals surface area contributed by atoms with Crippen molar-refractivity contribution in [2.75, 3.05) is 6.54 Å². The lowest BCUT2D eigenvalue weighted by atomic mass is 10.1. The molecule has 1 aromatic rings. The van der Waals surface area contributed by atoms with E-state index >= 15 is 0 Å². The van der Waals surface area contributed by atoms with Crippen molar-refractivity contribution in [1.29, 1.82) is 0 Å². The van der Waals surface area contributed by atoms with Crippen molar-refractivity contribution < 1.29 is 0 Å². The van der Waals surface area contributed by atoms with Crippen molar-refractivity contribution in [3.8, 4) is 0 Å². The summed E-state index contributed by atoms with van der Waals surface area (Å²) in [7, 11) is 0. The number of halogens is 2. The van der Waals surface area contributed by atoms with Gasteiger partial charge in [-0.2, -0.15) is 0 Å². The molecule has 0 saturated carbocycles. The minimum atomic E-state index is 0.247. The van der Waals surface area contributed by atoms with Gasteiger partial charge >= 0.3 is 0 Å². The van der Waals surface area contributed by atoms with Crippen LogP contribution in [-0.2, 0) is 0 Å². The summed E-state index contributed by atoms with van der Waals surface area (Å²) in [5.74, 6) is 0. The molecule has 0 aliphatic heterocycles. The first kappa shape index (κ1) is 12.6. The number of benzene rings is 1. The van der Waals surface area contributed by atoms with E-state index in [0.29, 0.717) is 10.0 Å². The summed E-state index contributed by atoms with van der Waals surface area (Å²) in [5, 5.41) is 4.53. The molecular formula is C12H15Cl2N. The minimum Gasteiger partial charge on any atom is -0.306 e. The maximum Gasteiger partial charge on any atom is 0.0595 e. The Morgan fingerprint density at radius 3 is 2.60 bits per heavy atom. The van der Waals surface area contributed by atoms with Crippen LogP contribution in [0, 0.1) is 0 Å². The molecule has 0 saturated heterocycles. The van der Waals surface area contributed by atoms with Gasteiger partial charge in [0.2, 0.25) is 0 Å². The lowest BCUT2D eigenvalue weighted by Crippen LogP contribution is -2.20. The zero-order valence-electron chi connectivity index (χ0n) is 8.98. The predicted molar refractivity (Wildman–Crippen MR) is 67.7 cm³/mol. The normalized spacial score (nSPS) is 12.5. The van der Waals surface area contributed by atoms with Crippen molar-refractivity contribution in [3.63, 3.8) is 0 Å². The summed E-state index contributed by atoms with van der Waals surface area (Å²) >= 11 is 11.8. The zero-order chi connectivity index (χ0) is 11.4. The Morgan fingerprint density at radius 1 is 1.40 bits per heavy atom. The summed E-state index contributed by atoms with van der Waals surface area (Å²) < 4.78 is 0. The van der Waals surface area contributed by atoms with E-state index in [2.05, 4.69) is 18.8 Å². The lowest BCUT2D eigenvalue weighted by Gasteiger charge is -2.14. The maximum atomic E-state index is 5.94. The Labute approximate surface area is 101 Å². The first-order valence-electron chi connectivity index (χ1n) is 4.83. The Kier molecular flexibility index (Phi) is 4.65. The molecule has 1 atom stereocenters. The van der Waals surface area contributed by atoms with Crippen molar-refractivity contribution in [2.24, 2.45) is 0 Å². The van der Waals surface area contributed by atoms with Crippen LogP contribution < -0.4 is 5.32 Å². The molecule has 0 bridgehead atoms. The molecule has 0 amide bonds. The highest BCUT2D eigenvalue weighted by Gasteiger charge is 2.06. The van der Waals surface area contributed by atoms with Crippen LogP contribution in [0.25, 0.3) is 0 Å². The van der Waals surface area contributed by atoms with Crippen LogP contribution in [0.15, 0.2) is 30.4 Å². The van der Waals surface area contributed by atoms with Gasteiger partial charge in [-0.05, 0) is 31.5 Å². The smallest absolute Gasteiger partial charge is 0.0595 e. The van der Waals surface area contributed by atoms with E-state index in [1.807, 2.05) is 25.1 Å². The van der Waals surface area contributed by atoms with E-state index in [0.717, 1.165) is 17.7 Å². The maximum absolute atomic E-state index is 5.94. The van der Waals surface area contributed by atoms with Crippen LogP contribution in [0.5, 0.6) is 0 Å². The van der Waals surface area contributed by atoms with Gasteiger partial charge in [-0.1, -0.05) is 41.4 Å². The summed E-state index contributed by atoms with van der Waals surface area (Å²) in [6.07, 6.45) is 0. The highest BCUT2D eigenvalue weighted by atomic mass is 35.5. The second-order valence-corrected chi connectivity index (χ2v) is 4.55. The number of hydrogen-bond acceptors (Lipinski definition) is 1. The first-order chi connectivity index (χ1) is 7.00. The highest BCUT2D eigenvalue weighted by molar-refractivity contribution is 6.42. The molecule has 0 fully saturated rings. The van der Waals surface area contributed by atoms with Crippen LogP contribution in [0.1, 0.15) is 25.5 Å². The molecule has 0 aliphatic rings. The third-order valence-corrected chi connectivity index (χ3v) is 2.89. The van der Waals surface area contributed by atoms with E-state index in [1.54, 1.807) is 0 Å². The molecule has 82 valence electrons. The number of nitrogens with one attached hydrogen (secondary N) is 1. The van der Waals surface area contributed by atoms with Crippen LogP contribution in [0.3, 0.4) is 0 Å². The van der Waals surface area contributed by atoms with Gasteiger partial charge in [0, 0.05) is 12.6 Å². The summed E-state index contributed by atoms with van der Waals surface area (Å²) in [4.78, 5) is 0. The van der Waals surface area contributed by atoms with E-state index in [1.165, 1.54) is 0 Å². The van der Waals surface area contributed by atoms with Gasteiger partial charge in [-0.15, -0.1) is 0 Å². The highest BCUT2D eigenvalue weighted by Crippen LogP contribution is 2.25. The molecule has 0 heterocycles. The minimum absolute atomic E-state index is 0.247. The molecule has 3 heteroatoms. The third kappa shape index (κ3) is 3.86. The standard InChI is InChI=1S/C12H15Cl2N/c1-8(2)7-15-9(3)10-4-5-11(13)12(14)6-10/h4-6,9,15H,1,7H2,2-3H3. The van der Waals surface area contributed by atoms with Gasteiger partial charge in [0.05, 0.1) is 10.0 Å².